The van der Waals surface area contributed by atoms with Gasteiger partial charge < -0.3 is 30.6 Å². The Balaban J connectivity index is 1.84. The highest BCUT2D eigenvalue weighted by atomic mass is 16.5. The summed E-state index contributed by atoms with van der Waals surface area (Å²) in [5, 5.41) is 65.1. The van der Waals surface area contributed by atoms with Crippen LogP contribution in [0.1, 0.15) is 34.1 Å². The van der Waals surface area contributed by atoms with Crippen LogP contribution in [0.15, 0.2) is 48.5 Å². The Kier molecular flexibility index (Phi) is 4.25. The van der Waals surface area contributed by atoms with E-state index in [9.17, 15) is 30.6 Å². The molecule has 2 fully saturated rings. The molecule has 0 spiro atoms. The first-order valence-electron chi connectivity index (χ1n) is 9.41. The number of hydrogen-bond donors (Lipinski definition) is 6. The Bertz CT molecular complexity index is 879. The minimum atomic E-state index is -2.24. The average Bonchev–Trinajstić information content (AvgIpc) is 2.69. The van der Waals surface area contributed by atoms with E-state index < -0.39 is 47.5 Å². The summed E-state index contributed by atoms with van der Waals surface area (Å²) < 4.78 is 0. The van der Waals surface area contributed by atoms with Gasteiger partial charge in [0.25, 0.3) is 0 Å². The second-order valence-electron chi connectivity index (χ2n) is 8.29. The zero-order valence-corrected chi connectivity index (χ0v) is 15.8. The van der Waals surface area contributed by atoms with Gasteiger partial charge in [-0.25, -0.2) is 0 Å². The average molecular weight is 386 g/mol. The third kappa shape index (κ3) is 2.03. The molecule has 6 heteroatoms. The topological polar surface area (TPSA) is 121 Å². The van der Waals surface area contributed by atoms with E-state index in [0.717, 1.165) is 11.1 Å². The first kappa shape index (κ1) is 19.5. The Morgan fingerprint density at radius 2 is 1.32 bits per heavy atom. The fraction of sp³-hybridized carbons (Fsp3) is 0.455. The molecule has 6 nitrogen and oxygen atoms in total. The lowest BCUT2D eigenvalue weighted by Gasteiger charge is -2.80. The van der Waals surface area contributed by atoms with Gasteiger partial charge >= 0.3 is 0 Å². The molecule has 0 heterocycles. The molecule has 0 aliphatic heterocycles. The van der Waals surface area contributed by atoms with E-state index in [2.05, 4.69) is 0 Å². The zero-order chi connectivity index (χ0) is 20.5. The lowest BCUT2D eigenvalue weighted by molar-refractivity contribution is -0.459. The second-order valence-corrected chi connectivity index (χ2v) is 8.29. The molecular formula is C22H26O6. The maximum Gasteiger partial charge on any atom is 0.138 e. The molecule has 4 rings (SSSR count). The number of aryl methyl sites for hydroxylation is 2. The number of hydrogen-bond acceptors (Lipinski definition) is 6. The summed E-state index contributed by atoms with van der Waals surface area (Å²) in [5.74, 6) is -2.17. The molecule has 0 aromatic heterocycles. The SMILES string of the molecule is Cc1ccc([C@H]2[C@@](O)([C@H](O)CO)[C@@]3(O)[C@H](c4ccc(C)cc4)[C@@H](O)[C@@]23O)cc1. The third-order valence-corrected chi connectivity index (χ3v) is 6.85. The molecule has 150 valence electrons. The lowest BCUT2D eigenvalue weighted by atomic mass is 9.30. The summed E-state index contributed by atoms with van der Waals surface area (Å²) in [6.45, 7) is 2.98. The second kappa shape index (κ2) is 6.10. The number of fused-ring (bicyclic) bond motifs is 1. The lowest BCUT2D eigenvalue weighted by Crippen LogP contribution is -2.99. The summed E-state index contributed by atoms with van der Waals surface area (Å²) in [4.78, 5) is 0. The summed E-state index contributed by atoms with van der Waals surface area (Å²) >= 11 is 0. The van der Waals surface area contributed by atoms with Gasteiger partial charge in [0.2, 0.25) is 0 Å². The summed E-state index contributed by atoms with van der Waals surface area (Å²) in [6.07, 6.45) is -3.05. The molecule has 0 bridgehead atoms. The van der Waals surface area contributed by atoms with Crippen molar-refractivity contribution in [2.45, 2.75) is 54.7 Å². The van der Waals surface area contributed by atoms with Crippen molar-refractivity contribution >= 4 is 0 Å². The smallest absolute Gasteiger partial charge is 0.138 e. The highest BCUT2D eigenvalue weighted by molar-refractivity contribution is 5.55. The van der Waals surface area contributed by atoms with Gasteiger partial charge in [-0.3, -0.25) is 0 Å². The molecule has 0 amide bonds. The van der Waals surface area contributed by atoms with Crippen LogP contribution in [-0.4, -0.2) is 66.3 Å². The van der Waals surface area contributed by atoms with Crippen molar-refractivity contribution in [3.63, 3.8) is 0 Å². The predicted molar refractivity (Wildman–Crippen MR) is 102 cm³/mol. The third-order valence-electron chi connectivity index (χ3n) is 6.85. The minimum absolute atomic E-state index is 0.467. The molecule has 2 aliphatic rings. The van der Waals surface area contributed by atoms with Crippen LogP contribution >= 0.6 is 0 Å². The van der Waals surface area contributed by atoms with Crippen molar-refractivity contribution in [1.82, 2.24) is 0 Å². The quantitative estimate of drug-likeness (QED) is 0.444. The Labute approximate surface area is 163 Å². The van der Waals surface area contributed by atoms with Gasteiger partial charge in [-0.05, 0) is 25.0 Å². The van der Waals surface area contributed by atoms with E-state index in [1.807, 2.05) is 13.8 Å². The largest absolute Gasteiger partial charge is 0.394 e. The standard InChI is InChI=1S/C22H26O6/c1-12-3-7-14(8-4-12)17-19(25)21(27)18(15-9-5-13(2)6-10-15)20(26,16(24)11-23)22(17,21)28/h3-10,16-19,23-28H,11H2,1-2H3/t16-,17-,18+,19-,20+,21+,22+/m1/s1. The van der Waals surface area contributed by atoms with E-state index >= 15 is 0 Å². The van der Waals surface area contributed by atoms with Crippen molar-refractivity contribution in [3.05, 3.63) is 70.8 Å². The maximum absolute atomic E-state index is 11.5. The van der Waals surface area contributed by atoms with Crippen LogP contribution in [0.4, 0.5) is 0 Å². The van der Waals surface area contributed by atoms with Gasteiger partial charge in [0.05, 0.1) is 18.6 Å². The van der Waals surface area contributed by atoms with Gasteiger partial charge in [-0.2, -0.15) is 0 Å². The Hall–Kier alpha value is -1.80. The van der Waals surface area contributed by atoms with Crippen LogP contribution < -0.4 is 0 Å². The van der Waals surface area contributed by atoms with E-state index in [0.29, 0.717) is 11.1 Å². The Morgan fingerprint density at radius 3 is 1.79 bits per heavy atom. The van der Waals surface area contributed by atoms with Crippen molar-refractivity contribution in [1.29, 1.82) is 0 Å². The molecule has 7 atom stereocenters. The molecule has 2 aliphatic carbocycles. The van der Waals surface area contributed by atoms with Gasteiger partial charge in [-0.15, -0.1) is 0 Å². The highest BCUT2D eigenvalue weighted by Crippen LogP contribution is 2.75. The molecule has 2 saturated carbocycles. The van der Waals surface area contributed by atoms with Crippen molar-refractivity contribution in [2.75, 3.05) is 6.61 Å². The van der Waals surface area contributed by atoms with Crippen LogP contribution in [0.2, 0.25) is 0 Å². The summed E-state index contributed by atoms with van der Waals surface area (Å²) in [6, 6.07) is 14.0. The maximum atomic E-state index is 11.5. The van der Waals surface area contributed by atoms with Crippen LogP contribution in [0, 0.1) is 13.8 Å². The molecule has 0 saturated heterocycles. The van der Waals surface area contributed by atoms with E-state index in [1.54, 1.807) is 48.5 Å². The van der Waals surface area contributed by atoms with E-state index in [-0.39, 0.29) is 0 Å². The monoisotopic (exact) mass is 386 g/mol. The predicted octanol–water partition coefficient (Wildman–Crippen LogP) is 0.105. The van der Waals surface area contributed by atoms with Gasteiger partial charge in [0.1, 0.15) is 22.9 Å². The highest BCUT2D eigenvalue weighted by Gasteiger charge is 2.93. The molecule has 0 unspecified atom stereocenters. The number of aliphatic hydroxyl groups is 6. The van der Waals surface area contributed by atoms with Crippen LogP contribution in [0.5, 0.6) is 0 Å². The normalized spacial score (nSPS) is 40.2. The number of rotatable bonds is 4. The van der Waals surface area contributed by atoms with Crippen molar-refractivity contribution < 1.29 is 30.6 Å². The van der Waals surface area contributed by atoms with Crippen LogP contribution in [0.3, 0.4) is 0 Å². The fourth-order valence-corrected chi connectivity index (χ4v) is 5.35. The molecule has 2 aromatic carbocycles. The number of aliphatic hydroxyl groups excluding tert-OH is 3. The first-order chi connectivity index (χ1) is 13.1. The molecule has 6 N–H and O–H groups in total. The van der Waals surface area contributed by atoms with Gasteiger partial charge in [0.15, 0.2) is 0 Å². The molecule has 0 radical (unpaired) electrons. The van der Waals surface area contributed by atoms with Gasteiger partial charge in [-0.1, -0.05) is 59.7 Å². The molecular weight excluding hydrogens is 360 g/mol. The van der Waals surface area contributed by atoms with Crippen LogP contribution in [0.25, 0.3) is 0 Å². The van der Waals surface area contributed by atoms with Crippen LogP contribution in [-0.2, 0) is 0 Å². The number of benzene rings is 2. The van der Waals surface area contributed by atoms with E-state index in [1.165, 1.54) is 0 Å². The van der Waals surface area contributed by atoms with E-state index in [4.69, 9.17) is 0 Å². The van der Waals surface area contributed by atoms with Crippen molar-refractivity contribution in [2.24, 2.45) is 0 Å². The van der Waals surface area contributed by atoms with Crippen molar-refractivity contribution in [3.8, 4) is 0 Å². The molecule has 2 aromatic rings. The Morgan fingerprint density at radius 1 is 0.857 bits per heavy atom. The summed E-state index contributed by atoms with van der Waals surface area (Å²) in [7, 11) is 0. The first-order valence-corrected chi connectivity index (χ1v) is 9.41. The van der Waals surface area contributed by atoms with Gasteiger partial charge in [0, 0.05) is 5.92 Å². The minimum Gasteiger partial charge on any atom is -0.394 e. The molecule has 28 heavy (non-hydrogen) atoms. The zero-order valence-electron chi connectivity index (χ0n) is 15.8. The fourth-order valence-electron chi connectivity index (χ4n) is 5.35. The summed E-state index contributed by atoms with van der Waals surface area (Å²) in [5.41, 5.74) is -3.56.